The molecule has 0 atom stereocenters. The highest BCUT2D eigenvalue weighted by Crippen LogP contribution is 2.61. The van der Waals surface area contributed by atoms with Gasteiger partial charge in [0, 0.05) is 111 Å². The SMILES string of the molecule is CC(C)(C)c1cc2c3c(c1)-c1ccccc1Oc1cc4c5ccccc5n(-c5ccccc5)c4cc1-c1cccc(C(C)(C)C)c1N3c1cc(-n3c4ccccc4c4ccccc43)cc3c1B2c1cc(C(C)(C)C)cc2c1N3c1c(cccc1C(C)(C)C)-c1cc3c(cc1Oc1ccccc1-2)c1ccccc1n3-c1ccccc1. The number of hydrogen-bond donors (Lipinski definition) is 0. The highest BCUT2D eigenvalue weighted by atomic mass is 16.5. The lowest BCUT2D eigenvalue weighted by molar-refractivity contribution is 0.486. The van der Waals surface area contributed by atoms with E-state index in [1.54, 1.807) is 0 Å². The van der Waals surface area contributed by atoms with Gasteiger partial charge in [-0.1, -0.05) is 277 Å². The second-order valence-electron chi connectivity index (χ2n) is 36.0. The van der Waals surface area contributed by atoms with Gasteiger partial charge in [-0.3, -0.25) is 0 Å². The van der Waals surface area contributed by atoms with E-state index in [1.807, 2.05) is 0 Å². The van der Waals surface area contributed by atoms with E-state index < -0.39 is 10.8 Å². The van der Waals surface area contributed by atoms with Gasteiger partial charge in [-0.2, -0.15) is 0 Å². The fraction of sp³-hybridized carbons (Fsp3) is 0.151. The highest BCUT2D eigenvalue weighted by molar-refractivity contribution is 7.00. The normalized spacial score (nSPS) is 13.5. The van der Waals surface area contributed by atoms with E-state index in [0.717, 1.165) is 173 Å². The third kappa shape index (κ3) is 9.95. The van der Waals surface area contributed by atoms with Crippen molar-refractivity contribution in [1.82, 2.24) is 13.7 Å². The van der Waals surface area contributed by atoms with Gasteiger partial charge >= 0.3 is 0 Å². The number of hydrogen-bond acceptors (Lipinski definition) is 4. The van der Waals surface area contributed by atoms with Crippen molar-refractivity contribution in [3.8, 4) is 84.6 Å². The summed E-state index contributed by atoms with van der Waals surface area (Å²) in [6.45, 7) is 28.4. The molecule has 0 aliphatic carbocycles. The molecule has 4 aliphatic rings. The smallest absolute Gasteiger partial charge is 0.252 e. The first kappa shape index (κ1) is 67.8. The maximum Gasteiger partial charge on any atom is 0.252 e. The summed E-state index contributed by atoms with van der Waals surface area (Å²) in [5, 5.41) is 6.94. The van der Waals surface area contributed by atoms with Crippen LogP contribution in [-0.2, 0) is 21.7 Å². The molecule has 114 heavy (non-hydrogen) atoms. The first-order valence-electron chi connectivity index (χ1n) is 40.3. The number of fused-ring (bicyclic) bond motifs is 25. The first-order chi connectivity index (χ1) is 55.1. The molecule has 0 unspecified atom stereocenters. The Morgan fingerprint density at radius 3 is 0.965 bits per heavy atom. The van der Waals surface area contributed by atoms with Crippen LogP contribution in [0, 0.1) is 0 Å². The monoisotopic (exact) mass is 1470 g/mol. The third-order valence-corrected chi connectivity index (χ3v) is 24.9. The van der Waals surface area contributed by atoms with E-state index in [4.69, 9.17) is 9.47 Å². The van der Waals surface area contributed by atoms with Crippen molar-refractivity contribution in [2.45, 2.75) is 105 Å². The van der Waals surface area contributed by atoms with Crippen LogP contribution in [0.15, 0.2) is 303 Å². The molecule has 0 N–H and O–H groups in total. The van der Waals surface area contributed by atoms with Gasteiger partial charge in [0.2, 0.25) is 0 Å². The topological polar surface area (TPSA) is 39.7 Å². The Morgan fingerprint density at radius 1 is 0.237 bits per heavy atom. The molecule has 0 amide bonds. The van der Waals surface area contributed by atoms with Crippen molar-refractivity contribution in [1.29, 1.82) is 0 Å². The van der Waals surface area contributed by atoms with Crippen molar-refractivity contribution >= 4 is 123 Å². The second kappa shape index (κ2) is 24.2. The lowest BCUT2D eigenvalue weighted by Gasteiger charge is -2.48. The molecule has 7 nitrogen and oxygen atoms in total. The number of rotatable bonds is 3. The van der Waals surface area contributed by atoms with Crippen LogP contribution in [0.3, 0.4) is 0 Å². The molecule has 0 spiro atoms. The zero-order valence-corrected chi connectivity index (χ0v) is 66.5. The number of para-hydroxylation sites is 10. The van der Waals surface area contributed by atoms with Gasteiger partial charge in [0.25, 0.3) is 6.71 Å². The summed E-state index contributed by atoms with van der Waals surface area (Å²) in [7, 11) is 0. The molecule has 8 heteroatoms. The Hall–Kier alpha value is -13.0. The van der Waals surface area contributed by atoms with Gasteiger partial charge in [-0.25, -0.2) is 0 Å². The van der Waals surface area contributed by atoms with Gasteiger partial charge in [-0.15, -0.1) is 0 Å². The van der Waals surface area contributed by atoms with E-state index in [0.29, 0.717) is 0 Å². The van der Waals surface area contributed by atoms with Gasteiger partial charge in [0.1, 0.15) is 23.0 Å². The van der Waals surface area contributed by atoms with Crippen LogP contribution in [0.5, 0.6) is 23.0 Å². The summed E-state index contributed by atoms with van der Waals surface area (Å²) < 4.78 is 23.4. The summed E-state index contributed by atoms with van der Waals surface area (Å²) in [4.78, 5) is 5.58. The molecular formula is C106H86BN5O2. The molecule has 15 aromatic carbocycles. The van der Waals surface area contributed by atoms with E-state index in [9.17, 15) is 0 Å². The highest BCUT2D eigenvalue weighted by Gasteiger charge is 2.50. The number of benzene rings is 15. The summed E-state index contributed by atoms with van der Waals surface area (Å²) >= 11 is 0. The predicted molar refractivity (Wildman–Crippen MR) is 480 cm³/mol. The quantitative estimate of drug-likeness (QED) is 0.165. The number of ether oxygens (including phenoxy) is 2. The zero-order valence-electron chi connectivity index (χ0n) is 66.5. The number of nitrogens with zero attached hydrogens (tertiary/aromatic N) is 5. The average molecular weight is 1470 g/mol. The average Bonchev–Trinajstić information content (AvgIpc) is 0.774. The Balaban J connectivity index is 0.971. The van der Waals surface area contributed by atoms with Crippen molar-refractivity contribution in [3.63, 3.8) is 0 Å². The number of aromatic nitrogens is 3. The molecule has 0 fully saturated rings. The number of anilines is 6. The van der Waals surface area contributed by atoms with Crippen LogP contribution in [-0.4, -0.2) is 20.4 Å². The van der Waals surface area contributed by atoms with E-state index in [2.05, 4.69) is 410 Å². The van der Waals surface area contributed by atoms with Crippen molar-refractivity contribution in [3.05, 3.63) is 326 Å². The minimum atomic E-state index is -0.422. The van der Waals surface area contributed by atoms with Crippen molar-refractivity contribution in [2.75, 3.05) is 9.80 Å². The third-order valence-electron chi connectivity index (χ3n) is 24.9. The summed E-state index contributed by atoms with van der Waals surface area (Å²) in [5.74, 6) is 3.13. The largest absolute Gasteiger partial charge is 0.456 e. The molecule has 3 aromatic heterocycles. The Kier molecular flexibility index (Phi) is 14.4. The standard InChI is InChI=1S/C106H86BN5O2/c1-103(2,3)63-53-80-72-41-23-29-51-94(72)113-96-61-76-70-39-21-27-49-88(70)108(65-33-15-13-16-34-65)90(76)59-78(96)74-43-31-45-82(105(7,8)9)99(74)111-92-57-67(110-86-47-25-19-37-68(86)69-38-20-26-48-87(69)110)58-93-98(92)107(84(55-63)101(80)111)85-56-64(104(4,5)6)54-81-73-42-24-30-52-95(73)114-97-62-77-71-40-22-28-50-89(71)109(66-35-17-14-18-36-66)91(77)60-79(97)75-44-32-46-83(106(10,11)12)100(75)112(93)102(81)85/h13-62H,1-12H3. The van der Waals surface area contributed by atoms with E-state index >= 15 is 0 Å². The fourth-order valence-electron chi connectivity index (χ4n) is 19.6. The minimum absolute atomic E-state index is 0.328. The Morgan fingerprint density at radius 2 is 0.579 bits per heavy atom. The molecule has 18 aromatic rings. The molecule has 0 saturated heterocycles. The summed E-state index contributed by atoms with van der Waals surface area (Å²) in [6, 6.07) is 115. The summed E-state index contributed by atoms with van der Waals surface area (Å²) in [6.07, 6.45) is 0. The molecule has 4 aliphatic heterocycles. The first-order valence-corrected chi connectivity index (χ1v) is 40.3. The minimum Gasteiger partial charge on any atom is -0.456 e. The second-order valence-corrected chi connectivity index (χ2v) is 36.0. The predicted octanol–water partition coefficient (Wildman–Crippen LogP) is 27.1. The Bertz CT molecular complexity index is 6750. The van der Waals surface area contributed by atoms with Gasteiger partial charge in [0.05, 0.1) is 50.2 Å². The lowest BCUT2D eigenvalue weighted by atomic mass is 9.32. The molecule has 7 heterocycles. The van der Waals surface area contributed by atoms with Crippen molar-refractivity contribution < 1.29 is 9.47 Å². The van der Waals surface area contributed by atoms with Crippen LogP contribution in [0.1, 0.15) is 105 Å². The maximum atomic E-state index is 7.94. The Labute approximate surface area is 666 Å². The van der Waals surface area contributed by atoms with Crippen molar-refractivity contribution in [2.24, 2.45) is 0 Å². The van der Waals surface area contributed by atoms with E-state index in [1.165, 1.54) is 49.4 Å². The van der Waals surface area contributed by atoms with Crippen LogP contribution in [0.2, 0.25) is 0 Å². The molecule has 22 rings (SSSR count). The molecule has 0 radical (unpaired) electrons. The van der Waals surface area contributed by atoms with Gasteiger partial charge < -0.3 is 33.0 Å². The molecular weight excluding hydrogens is 1390 g/mol. The van der Waals surface area contributed by atoms with Crippen LogP contribution < -0.4 is 35.7 Å². The molecule has 0 bridgehead atoms. The van der Waals surface area contributed by atoms with E-state index in [-0.39, 0.29) is 17.5 Å². The summed E-state index contributed by atoms with van der Waals surface area (Å²) in [5.41, 5.74) is 32.0. The lowest BCUT2D eigenvalue weighted by Crippen LogP contribution is -2.62. The van der Waals surface area contributed by atoms with Gasteiger partial charge in [-0.05, 0) is 169 Å². The molecule has 550 valence electrons. The zero-order chi connectivity index (χ0) is 77.3. The van der Waals surface area contributed by atoms with Crippen LogP contribution >= 0.6 is 0 Å². The van der Waals surface area contributed by atoms with Gasteiger partial charge in [0.15, 0.2) is 0 Å². The molecule has 0 saturated carbocycles. The van der Waals surface area contributed by atoms with Crippen LogP contribution in [0.4, 0.5) is 34.1 Å². The fourth-order valence-corrected chi connectivity index (χ4v) is 19.6. The van der Waals surface area contributed by atoms with Crippen LogP contribution in [0.25, 0.3) is 127 Å². The maximum absolute atomic E-state index is 7.94.